The number of rotatable bonds is 5. The van der Waals surface area contributed by atoms with Crippen molar-refractivity contribution in [1.82, 2.24) is 20.1 Å². The minimum absolute atomic E-state index is 0.0726. The van der Waals surface area contributed by atoms with Crippen LogP contribution < -0.4 is 10.1 Å². The molecule has 1 aliphatic carbocycles. The van der Waals surface area contributed by atoms with Gasteiger partial charge in [0.15, 0.2) is 0 Å². The summed E-state index contributed by atoms with van der Waals surface area (Å²) < 4.78 is 14.5. The highest BCUT2D eigenvalue weighted by Gasteiger charge is 2.47. The Morgan fingerprint density at radius 3 is 3.00 bits per heavy atom. The molecule has 3 aromatic rings. The van der Waals surface area contributed by atoms with Crippen molar-refractivity contribution in [3.63, 3.8) is 0 Å². The zero-order chi connectivity index (χ0) is 19.1. The van der Waals surface area contributed by atoms with Crippen molar-refractivity contribution in [2.75, 3.05) is 19.7 Å². The molecule has 1 saturated carbocycles. The largest absolute Gasteiger partial charge is 0.490 e. The van der Waals surface area contributed by atoms with Gasteiger partial charge in [-0.05, 0) is 56.5 Å². The Labute approximate surface area is 164 Å². The molecule has 6 heteroatoms. The summed E-state index contributed by atoms with van der Waals surface area (Å²) >= 11 is 0. The Hall–Kier alpha value is -2.44. The minimum Gasteiger partial charge on any atom is -0.490 e. The molecule has 1 spiro atoms. The molecule has 0 radical (unpaired) electrons. The third-order valence-corrected chi connectivity index (χ3v) is 5.61. The number of hydrogen-bond donors (Lipinski definition) is 1. The molecule has 1 saturated heterocycles. The number of hydrogen-bond acceptors (Lipinski definition) is 5. The lowest BCUT2D eigenvalue weighted by atomic mass is 10.1. The molecular formula is C22H26N4O2. The summed E-state index contributed by atoms with van der Waals surface area (Å²) in [5.74, 6) is 0.844. The molecule has 1 unspecified atom stereocenters. The molecule has 28 heavy (non-hydrogen) atoms. The van der Waals surface area contributed by atoms with E-state index in [4.69, 9.17) is 9.47 Å². The van der Waals surface area contributed by atoms with Crippen molar-refractivity contribution in [2.45, 2.75) is 44.4 Å². The van der Waals surface area contributed by atoms with Crippen LogP contribution in [-0.4, -0.2) is 46.2 Å². The average molecular weight is 378 g/mol. The molecule has 2 aliphatic rings. The van der Waals surface area contributed by atoms with E-state index in [1.807, 2.05) is 23.1 Å². The number of nitrogens with one attached hydrogen (secondary N) is 1. The van der Waals surface area contributed by atoms with Crippen molar-refractivity contribution in [3.8, 4) is 16.9 Å². The summed E-state index contributed by atoms with van der Waals surface area (Å²) in [5, 5.41) is 8.98. The van der Waals surface area contributed by atoms with Crippen LogP contribution in [0, 0.1) is 0 Å². The second-order valence-corrected chi connectivity index (χ2v) is 8.21. The van der Waals surface area contributed by atoms with Crippen LogP contribution >= 0.6 is 0 Å². The third kappa shape index (κ3) is 3.38. The zero-order valence-corrected chi connectivity index (χ0v) is 16.4. The normalized spacial score (nSPS) is 20.8. The summed E-state index contributed by atoms with van der Waals surface area (Å²) in [6.07, 6.45) is 8.17. The van der Waals surface area contributed by atoms with Gasteiger partial charge in [0.05, 0.1) is 17.3 Å². The standard InChI is InChI=1S/C22H26N4O2/c1-15(2)26-12-17(10-25-26)16-8-20-19(4-3-7-24-20)21(9-16)27-13-18-11-23-14-22(28-18)5-6-22/h3-4,7-10,12,15,18,23H,5-6,11,13-14H2,1-2H3. The minimum atomic E-state index is 0.0726. The highest BCUT2D eigenvalue weighted by Crippen LogP contribution is 2.41. The van der Waals surface area contributed by atoms with Gasteiger partial charge in [0, 0.05) is 42.5 Å². The molecule has 1 N–H and O–H groups in total. The molecule has 1 aromatic carbocycles. The van der Waals surface area contributed by atoms with E-state index < -0.39 is 0 Å². The van der Waals surface area contributed by atoms with Crippen LogP contribution in [0.2, 0.25) is 0 Å². The number of aromatic nitrogens is 3. The van der Waals surface area contributed by atoms with Crippen LogP contribution in [0.3, 0.4) is 0 Å². The predicted molar refractivity (Wildman–Crippen MR) is 109 cm³/mol. The third-order valence-electron chi connectivity index (χ3n) is 5.61. The number of morpholine rings is 1. The Bertz CT molecular complexity index is 993. The lowest BCUT2D eigenvalue weighted by Crippen LogP contribution is -2.48. The number of ether oxygens (including phenoxy) is 2. The van der Waals surface area contributed by atoms with Gasteiger partial charge < -0.3 is 14.8 Å². The maximum atomic E-state index is 6.26. The Morgan fingerprint density at radius 2 is 2.21 bits per heavy atom. The van der Waals surface area contributed by atoms with Gasteiger partial charge in [0.1, 0.15) is 18.5 Å². The van der Waals surface area contributed by atoms with E-state index >= 15 is 0 Å². The molecule has 2 aromatic heterocycles. The molecule has 0 bridgehead atoms. The van der Waals surface area contributed by atoms with Crippen LogP contribution in [0.4, 0.5) is 0 Å². The van der Waals surface area contributed by atoms with Crippen molar-refractivity contribution in [3.05, 3.63) is 42.9 Å². The van der Waals surface area contributed by atoms with Gasteiger partial charge in [-0.25, -0.2) is 0 Å². The number of benzene rings is 1. The van der Waals surface area contributed by atoms with Crippen LogP contribution in [0.15, 0.2) is 42.9 Å². The van der Waals surface area contributed by atoms with Crippen LogP contribution in [0.25, 0.3) is 22.0 Å². The molecule has 1 aliphatic heterocycles. The molecule has 0 amide bonds. The zero-order valence-electron chi connectivity index (χ0n) is 16.4. The summed E-state index contributed by atoms with van der Waals surface area (Å²) in [7, 11) is 0. The van der Waals surface area contributed by atoms with Crippen LogP contribution in [0.5, 0.6) is 5.75 Å². The molecule has 2 fully saturated rings. The SMILES string of the molecule is CC(C)n1cc(-c2cc(OCC3CNCC4(CC4)O3)c3cccnc3c2)cn1. The Kier molecular flexibility index (Phi) is 4.33. The second-order valence-electron chi connectivity index (χ2n) is 8.21. The second kappa shape index (κ2) is 6.87. The van der Waals surface area contributed by atoms with Crippen molar-refractivity contribution in [1.29, 1.82) is 0 Å². The lowest BCUT2D eigenvalue weighted by molar-refractivity contribution is -0.0711. The van der Waals surface area contributed by atoms with E-state index in [2.05, 4.69) is 53.6 Å². The van der Waals surface area contributed by atoms with Gasteiger partial charge >= 0.3 is 0 Å². The number of pyridine rings is 1. The average Bonchev–Trinajstić information content (AvgIpc) is 3.25. The summed E-state index contributed by atoms with van der Waals surface area (Å²) in [6, 6.07) is 8.52. The predicted octanol–water partition coefficient (Wildman–Crippen LogP) is 3.58. The molecule has 1 atom stereocenters. The molecule has 3 heterocycles. The Morgan fingerprint density at radius 1 is 1.32 bits per heavy atom. The summed E-state index contributed by atoms with van der Waals surface area (Å²) in [6.45, 7) is 6.58. The fourth-order valence-electron chi connectivity index (χ4n) is 3.81. The van der Waals surface area contributed by atoms with Gasteiger partial charge in [-0.15, -0.1) is 0 Å². The van der Waals surface area contributed by atoms with E-state index in [1.165, 1.54) is 0 Å². The quantitative estimate of drug-likeness (QED) is 0.735. The maximum Gasteiger partial charge on any atom is 0.129 e. The topological polar surface area (TPSA) is 61.2 Å². The van der Waals surface area contributed by atoms with Gasteiger partial charge in [-0.1, -0.05) is 0 Å². The molecule has 146 valence electrons. The first-order chi connectivity index (χ1) is 13.6. The first-order valence-electron chi connectivity index (χ1n) is 10.1. The summed E-state index contributed by atoms with van der Waals surface area (Å²) in [4.78, 5) is 4.55. The van der Waals surface area contributed by atoms with Gasteiger partial charge in [0.2, 0.25) is 0 Å². The maximum absolute atomic E-state index is 6.26. The fraction of sp³-hybridized carbons (Fsp3) is 0.455. The van der Waals surface area contributed by atoms with E-state index in [9.17, 15) is 0 Å². The van der Waals surface area contributed by atoms with E-state index in [0.717, 1.165) is 53.7 Å². The highest BCUT2D eigenvalue weighted by atomic mass is 16.6. The van der Waals surface area contributed by atoms with E-state index in [1.54, 1.807) is 0 Å². The molecular weight excluding hydrogens is 352 g/mol. The van der Waals surface area contributed by atoms with Crippen molar-refractivity contribution in [2.24, 2.45) is 0 Å². The van der Waals surface area contributed by atoms with Crippen molar-refractivity contribution >= 4 is 10.9 Å². The molecule has 6 nitrogen and oxygen atoms in total. The van der Waals surface area contributed by atoms with Crippen LogP contribution in [-0.2, 0) is 4.74 Å². The fourth-order valence-corrected chi connectivity index (χ4v) is 3.81. The number of fused-ring (bicyclic) bond motifs is 1. The van der Waals surface area contributed by atoms with Gasteiger partial charge in [0.25, 0.3) is 0 Å². The first-order valence-corrected chi connectivity index (χ1v) is 10.1. The highest BCUT2D eigenvalue weighted by molar-refractivity contribution is 5.89. The number of nitrogens with zero attached hydrogens (tertiary/aromatic N) is 3. The first kappa shape index (κ1) is 17.6. The van der Waals surface area contributed by atoms with Crippen molar-refractivity contribution < 1.29 is 9.47 Å². The van der Waals surface area contributed by atoms with Gasteiger partial charge in [-0.3, -0.25) is 9.67 Å². The summed E-state index contributed by atoms with van der Waals surface area (Å²) in [5.41, 5.74) is 3.13. The monoisotopic (exact) mass is 378 g/mol. The smallest absolute Gasteiger partial charge is 0.129 e. The van der Waals surface area contributed by atoms with Crippen LogP contribution in [0.1, 0.15) is 32.7 Å². The van der Waals surface area contributed by atoms with E-state index in [0.29, 0.717) is 12.6 Å². The molecule has 5 rings (SSSR count). The van der Waals surface area contributed by atoms with E-state index in [-0.39, 0.29) is 11.7 Å². The lowest BCUT2D eigenvalue weighted by Gasteiger charge is -2.31. The van der Waals surface area contributed by atoms with Gasteiger partial charge in [-0.2, -0.15) is 5.10 Å². The Balaban J connectivity index is 1.43.